The number of nitrogens with one attached hydrogen (secondary N) is 1. The first kappa shape index (κ1) is 13.2. The predicted molar refractivity (Wildman–Crippen MR) is 72.6 cm³/mol. The van der Waals surface area contributed by atoms with E-state index in [9.17, 15) is 0 Å². The second-order valence-corrected chi connectivity index (χ2v) is 6.72. The van der Waals surface area contributed by atoms with Crippen LogP contribution in [-0.4, -0.2) is 20.2 Å². The Balaban J connectivity index is 2.35. The zero-order valence-electron chi connectivity index (χ0n) is 10.3. The van der Waals surface area contributed by atoms with Crippen LogP contribution < -0.4 is 11.3 Å². The van der Waals surface area contributed by atoms with Crippen LogP contribution in [0, 0.1) is 0 Å². The number of nitrogen functional groups attached to an aromatic ring is 1. The van der Waals surface area contributed by atoms with E-state index in [4.69, 9.17) is 5.84 Å². The van der Waals surface area contributed by atoms with E-state index in [1.807, 2.05) is 0 Å². The van der Waals surface area contributed by atoms with E-state index in [0.717, 1.165) is 15.2 Å². The van der Waals surface area contributed by atoms with Gasteiger partial charge in [0.15, 0.2) is 4.34 Å². The van der Waals surface area contributed by atoms with Gasteiger partial charge in [-0.15, -0.1) is 10.2 Å². The van der Waals surface area contributed by atoms with Gasteiger partial charge in [0.25, 0.3) is 0 Å². The number of nitrogens with zero attached hydrogens (tertiary/aromatic N) is 4. The summed E-state index contributed by atoms with van der Waals surface area (Å²) < 4.78 is 0.844. The summed E-state index contributed by atoms with van der Waals surface area (Å²) in [6.07, 6.45) is 0. The molecule has 0 bridgehead atoms. The van der Waals surface area contributed by atoms with E-state index in [0.29, 0.717) is 5.82 Å². The lowest BCUT2D eigenvalue weighted by molar-refractivity contribution is 0.539. The fourth-order valence-electron chi connectivity index (χ4n) is 1.18. The van der Waals surface area contributed by atoms with Crippen LogP contribution in [0.4, 0.5) is 5.82 Å². The van der Waals surface area contributed by atoms with Gasteiger partial charge >= 0.3 is 0 Å². The molecule has 0 atom stereocenters. The maximum atomic E-state index is 5.43. The molecule has 18 heavy (non-hydrogen) atoms. The van der Waals surface area contributed by atoms with Gasteiger partial charge in [-0.25, -0.2) is 15.8 Å². The van der Waals surface area contributed by atoms with Crippen molar-refractivity contribution < 1.29 is 0 Å². The van der Waals surface area contributed by atoms with Crippen LogP contribution in [0.5, 0.6) is 0 Å². The Morgan fingerprint density at radius 3 is 2.67 bits per heavy atom. The van der Waals surface area contributed by atoms with Gasteiger partial charge in [0.05, 0.1) is 0 Å². The Morgan fingerprint density at radius 1 is 1.33 bits per heavy atom. The molecule has 0 aliphatic rings. The topological polar surface area (TPSA) is 89.6 Å². The van der Waals surface area contributed by atoms with Crippen molar-refractivity contribution in [3.05, 3.63) is 17.4 Å². The number of aromatic nitrogens is 4. The maximum absolute atomic E-state index is 5.43. The molecule has 2 rings (SSSR count). The molecule has 2 aromatic heterocycles. The molecule has 0 amide bonds. The minimum Gasteiger partial charge on any atom is -0.308 e. The molecule has 0 fully saturated rings. The van der Waals surface area contributed by atoms with Crippen molar-refractivity contribution in [1.29, 1.82) is 0 Å². The van der Waals surface area contributed by atoms with Gasteiger partial charge in [0.2, 0.25) is 0 Å². The number of nitrogens with two attached hydrogens (primary N) is 1. The molecular weight excluding hydrogens is 268 g/mol. The Labute approximate surface area is 113 Å². The highest BCUT2D eigenvalue weighted by molar-refractivity contribution is 8.00. The molecule has 0 saturated heterocycles. The molecule has 6 nitrogen and oxygen atoms in total. The van der Waals surface area contributed by atoms with E-state index in [1.165, 1.54) is 23.1 Å². The molecule has 2 aromatic rings. The maximum Gasteiger partial charge on any atom is 0.180 e. The zero-order valence-corrected chi connectivity index (χ0v) is 12.0. The van der Waals surface area contributed by atoms with Crippen molar-refractivity contribution in [1.82, 2.24) is 20.2 Å². The van der Waals surface area contributed by atoms with Gasteiger partial charge in [0.1, 0.15) is 22.2 Å². The smallest absolute Gasteiger partial charge is 0.180 e. The van der Waals surface area contributed by atoms with Crippen molar-refractivity contribution in [2.24, 2.45) is 5.84 Å². The van der Waals surface area contributed by atoms with Crippen molar-refractivity contribution in [3.63, 3.8) is 0 Å². The van der Waals surface area contributed by atoms with Crippen molar-refractivity contribution in [2.75, 3.05) is 5.43 Å². The van der Waals surface area contributed by atoms with Crippen LogP contribution in [0.25, 0.3) is 0 Å². The number of anilines is 1. The first-order chi connectivity index (χ1) is 8.49. The van der Waals surface area contributed by atoms with Gasteiger partial charge in [-0.05, 0) is 11.8 Å². The molecule has 0 radical (unpaired) electrons. The van der Waals surface area contributed by atoms with Crippen molar-refractivity contribution >= 4 is 28.9 Å². The zero-order chi connectivity index (χ0) is 13.2. The quantitative estimate of drug-likeness (QED) is 0.506. The van der Waals surface area contributed by atoms with Crippen molar-refractivity contribution in [3.8, 4) is 0 Å². The van der Waals surface area contributed by atoms with Gasteiger partial charge in [-0.1, -0.05) is 32.1 Å². The lowest BCUT2D eigenvalue weighted by atomic mass is 9.96. The SMILES string of the molecule is CC(C)(C)c1nc(NN)cc(Sc2nncs2)n1. The average molecular weight is 282 g/mol. The molecule has 2 heterocycles. The first-order valence-electron chi connectivity index (χ1n) is 5.29. The summed E-state index contributed by atoms with van der Waals surface area (Å²) >= 11 is 2.93. The van der Waals surface area contributed by atoms with E-state index in [2.05, 4.69) is 46.4 Å². The summed E-state index contributed by atoms with van der Waals surface area (Å²) in [4.78, 5) is 8.88. The predicted octanol–water partition coefficient (Wildman–Crippen LogP) is 2.06. The second kappa shape index (κ2) is 5.17. The summed E-state index contributed by atoms with van der Waals surface area (Å²) in [6.45, 7) is 6.17. The standard InChI is InChI=1S/C10H14N6S2/c1-10(2,3)8-13-6(15-11)4-7(14-8)18-9-16-12-5-17-9/h4-5H,11H2,1-3H3,(H,13,14,15). The monoisotopic (exact) mass is 282 g/mol. The third-order valence-electron chi connectivity index (χ3n) is 2.05. The van der Waals surface area contributed by atoms with E-state index in [1.54, 1.807) is 11.6 Å². The molecule has 8 heteroatoms. The highest BCUT2D eigenvalue weighted by atomic mass is 32.2. The Hall–Kier alpha value is -1.25. The van der Waals surface area contributed by atoms with Gasteiger partial charge < -0.3 is 5.43 Å². The lowest BCUT2D eigenvalue weighted by Crippen LogP contribution is -2.19. The van der Waals surface area contributed by atoms with E-state index < -0.39 is 0 Å². The molecule has 0 aliphatic carbocycles. The molecule has 0 aliphatic heterocycles. The Morgan fingerprint density at radius 2 is 2.11 bits per heavy atom. The Kier molecular flexibility index (Phi) is 3.79. The first-order valence-corrected chi connectivity index (χ1v) is 6.99. The third-order valence-corrected chi connectivity index (χ3v) is 3.75. The fourth-order valence-corrected chi connectivity index (χ4v) is 2.61. The normalized spacial score (nSPS) is 11.6. The van der Waals surface area contributed by atoms with Crippen LogP contribution >= 0.6 is 23.1 Å². The van der Waals surface area contributed by atoms with Gasteiger partial charge in [-0.2, -0.15) is 0 Å². The Bertz CT molecular complexity index is 520. The third kappa shape index (κ3) is 3.15. The van der Waals surface area contributed by atoms with E-state index >= 15 is 0 Å². The summed E-state index contributed by atoms with van der Waals surface area (Å²) in [5, 5.41) is 8.58. The number of rotatable bonds is 3. The number of hydrogen-bond donors (Lipinski definition) is 2. The molecule has 0 saturated carbocycles. The number of hydrazine groups is 1. The van der Waals surface area contributed by atoms with Gasteiger partial charge in [0, 0.05) is 11.5 Å². The van der Waals surface area contributed by atoms with E-state index in [-0.39, 0.29) is 5.41 Å². The molecule has 3 N–H and O–H groups in total. The van der Waals surface area contributed by atoms with Crippen LogP contribution in [0.1, 0.15) is 26.6 Å². The minimum atomic E-state index is -0.136. The van der Waals surface area contributed by atoms with Gasteiger partial charge in [-0.3, -0.25) is 0 Å². The average Bonchev–Trinajstić information content (AvgIpc) is 2.80. The van der Waals surface area contributed by atoms with Crippen LogP contribution in [0.15, 0.2) is 20.9 Å². The largest absolute Gasteiger partial charge is 0.308 e. The molecule has 0 aromatic carbocycles. The van der Waals surface area contributed by atoms with Crippen LogP contribution in [0.2, 0.25) is 0 Å². The van der Waals surface area contributed by atoms with Crippen molar-refractivity contribution in [2.45, 2.75) is 35.6 Å². The molecule has 96 valence electrons. The minimum absolute atomic E-state index is 0.136. The van der Waals surface area contributed by atoms with Crippen LogP contribution in [0.3, 0.4) is 0 Å². The van der Waals surface area contributed by atoms with Crippen LogP contribution in [-0.2, 0) is 5.41 Å². The summed E-state index contributed by atoms with van der Waals surface area (Å²) in [6, 6.07) is 1.79. The second-order valence-electron chi connectivity index (χ2n) is 4.62. The highest BCUT2D eigenvalue weighted by Crippen LogP contribution is 2.30. The number of hydrogen-bond acceptors (Lipinski definition) is 8. The fraction of sp³-hybridized carbons (Fsp3) is 0.400. The summed E-state index contributed by atoms with van der Waals surface area (Å²) in [7, 11) is 0. The summed E-state index contributed by atoms with van der Waals surface area (Å²) in [5.41, 5.74) is 4.12. The molecule has 0 unspecified atom stereocenters. The highest BCUT2D eigenvalue weighted by Gasteiger charge is 2.19. The molecule has 0 spiro atoms. The molecular formula is C10H14N6S2. The lowest BCUT2D eigenvalue weighted by Gasteiger charge is -2.17. The summed E-state index contributed by atoms with van der Waals surface area (Å²) in [5.74, 6) is 6.77.